The predicted octanol–water partition coefficient (Wildman–Crippen LogP) is 3.69. The van der Waals surface area contributed by atoms with Gasteiger partial charge in [0, 0.05) is 32.4 Å². The molecule has 2 amide bonds. The zero-order valence-electron chi connectivity index (χ0n) is 19.8. The largest absolute Gasteiger partial charge is 0.480 e. The maximum absolute atomic E-state index is 12.2. The number of fused-ring (bicyclic) bond motifs is 3. The molecule has 1 unspecified atom stereocenters. The van der Waals surface area contributed by atoms with Crippen LogP contribution in [0.25, 0.3) is 11.1 Å². The summed E-state index contributed by atoms with van der Waals surface area (Å²) in [5, 5.41) is 14.5. The first-order valence-electron chi connectivity index (χ1n) is 11.4. The van der Waals surface area contributed by atoms with Crippen molar-refractivity contribution in [2.24, 2.45) is 0 Å². The standard InChI is InChI=1S/C26H32N2O6/c1-26(2,33-3)15-22(24(30)31)28-23(29)13-8-14-27-25(32)34-16-21-19-11-6-4-9-17(19)18-10-5-7-12-20(18)21/h4-7,9-12,21-22H,8,13-16H2,1-3H3,(H,27,32)(H,28,29)(H,30,31). The van der Waals surface area contributed by atoms with E-state index in [1.807, 2.05) is 24.3 Å². The van der Waals surface area contributed by atoms with Crippen LogP contribution in [0.3, 0.4) is 0 Å². The minimum Gasteiger partial charge on any atom is -0.480 e. The van der Waals surface area contributed by atoms with Gasteiger partial charge >= 0.3 is 12.1 Å². The lowest BCUT2D eigenvalue weighted by molar-refractivity contribution is -0.144. The number of benzene rings is 2. The van der Waals surface area contributed by atoms with Gasteiger partial charge < -0.3 is 25.2 Å². The number of hydrogen-bond donors (Lipinski definition) is 3. The van der Waals surface area contributed by atoms with E-state index in [1.54, 1.807) is 13.8 Å². The van der Waals surface area contributed by atoms with E-state index in [1.165, 1.54) is 7.11 Å². The molecule has 0 saturated carbocycles. The second-order valence-corrected chi connectivity index (χ2v) is 8.98. The summed E-state index contributed by atoms with van der Waals surface area (Å²) >= 11 is 0. The van der Waals surface area contributed by atoms with Crippen LogP contribution in [0, 0.1) is 0 Å². The molecule has 2 aromatic rings. The summed E-state index contributed by atoms with van der Waals surface area (Å²) in [7, 11) is 1.50. The number of amides is 2. The number of carbonyl (C=O) groups excluding carboxylic acids is 2. The van der Waals surface area contributed by atoms with E-state index in [4.69, 9.17) is 9.47 Å². The average molecular weight is 469 g/mol. The minimum atomic E-state index is -1.12. The maximum atomic E-state index is 12.2. The van der Waals surface area contributed by atoms with Gasteiger partial charge in [0.05, 0.1) is 5.60 Å². The highest BCUT2D eigenvalue weighted by molar-refractivity contribution is 5.83. The fourth-order valence-corrected chi connectivity index (χ4v) is 4.13. The molecular weight excluding hydrogens is 436 g/mol. The molecule has 1 aliphatic rings. The van der Waals surface area contributed by atoms with Crippen molar-refractivity contribution in [1.29, 1.82) is 0 Å². The van der Waals surface area contributed by atoms with Gasteiger partial charge in [0.15, 0.2) is 0 Å². The Balaban J connectivity index is 1.42. The Morgan fingerprint density at radius 2 is 1.62 bits per heavy atom. The van der Waals surface area contributed by atoms with Crippen molar-refractivity contribution in [1.82, 2.24) is 10.6 Å². The Labute approximate surface area is 199 Å². The topological polar surface area (TPSA) is 114 Å². The lowest BCUT2D eigenvalue weighted by Gasteiger charge is -2.26. The molecule has 8 nitrogen and oxygen atoms in total. The smallest absolute Gasteiger partial charge is 0.407 e. The summed E-state index contributed by atoms with van der Waals surface area (Å²) in [6, 6.07) is 15.2. The molecule has 0 bridgehead atoms. The molecule has 0 aromatic heterocycles. The van der Waals surface area contributed by atoms with Gasteiger partial charge in [0.2, 0.25) is 5.91 Å². The molecule has 0 fully saturated rings. The zero-order valence-corrected chi connectivity index (χ0v) is 19.8. The third-order valence-electron chi connectivity index (χ3n) is 6.08. The van der Waals surface area contributed by atoms with Gasteiger partial charge in [-0.3, -0.25) is 4.79 Å². The fraction of sp³-hybridized carbons (Fsp3) is 0.423. The van der Waals surface area contributed by atoms with E-state index in [2.05, 4.69) is 34.9 Å². The number of aliphatic carboxylic acids is 1. The Morgan fingerprint density at radius 3 is 2.18 bits per heavy atom. The van der Waals surface area contributed by atoms with Gasteiger partial charge in [-0.1, -0.05) is 48.5 Å². The van der Waals surface area contributed by atoms with Crippen LogP contribution in [0.1, 0.15) is 50.2 Å². The molecule has 0 radical (unpaired) electrons. The number of ether oxygens (including phenoxy) is 2. The van der Waals surface area contributed by atoms with Gasteiger partial charge in [-0.25, -0.2) is 9.59 Å². The van der Waals surface area contributed by atoms with Crippen LogP contribution in [0.15, 0.2) is 48.5 Å². The van der Waals surface area contributed by atoms with E-state index in [-0.39, 0.29) is 31.9 Å². The molecule has 182 valence electrons. The van der Waals surface area contributed by atoms with Crippen LogP contribution in [-0.4, -0.2) is 55.0 Å². The van der Waals surface area contributed by atoms with E-state index in [9.17, 15) is 19.5 Å². The highest BCUT2D eigenvalue weighted by Gasteiger charge is 2.30. The minimum absolute atomic E-state index is 0.0202. The molecule has 3 rings (SSSR count). The Hall–Kier alpha value is -3.39. The highest BCUT2D eigenvalue weighted by atomic mass is 16.5. The van der Waals surface area contributed by atoms with Crippen LogP contribution in [0.4, 0.5) is 4.79 Å². The number of methoxy groups -OCH3 is 1. The quantitative estimate of drug-likeness (QED) is 0.434. The van der Waals surface area contributed by atoms with Crippen LogP contribution in [0.2, 0.25) is 0 Å². The summed E-state index contributed by atoms with van der Waals surface area (Å²) in [5.41, 5.74) is 3.91. The van der Waals surface area contributed by atoms with Gasteiger partial charge in [-0.2, -0.15) is 0 Å². The molecule has 1 aliphatic carbocycles. The summed E-state index contributed by atoms with van der Waals surface area (Å²) in [4.78, 5) is 35.8. The number of carbonyl (C=O) groups is 3. The molecule has 1 atom stereocenters. The first-order valence-corrected chi connectivity index (χ1v) is 11.4. The zero-order chi connectivity index (χ0) is 24.7. The van der Waals surface area contributed by atoms with Crippen molar-refractivity contribution in [3.63, 3.8) is 0 Å². The van der Waals surface area contributed by atoms with Crippen LogP contribution in [-0.2, 0) is 19.1 Å². The normalized spacial score (nSPS) is 13.5. The number of carboxylic acid groups (broad SMARTS) is 1. The van der Waals surface area contributed by atoms with Crippen molar-refractivity contribution < 1.29 is 29.0 Å². The second kappa shape index (κ2) is 11.2. The van der Waals surface area contributed by atoms with E-state index in [0.29, 0.717) is 6.42 Å². The van der Waals surface area contributed by atoms with Gasteiger partial charge in [0.1, 0.15) is 12.6 Å². The Kier molecular flexibility index (Phi) is 8.28. The molecule has 0 heterocycles. The molecular formula is C26H32N2O6. The van der Waals surface area contributed by atoms with E-state index in [0.717, 1.165) is 22.3 Å². The van der Waals surface area contributed by atoms with Crippen molar-refractivity contribution in [3.05, 3.63) is 59.7 Å². The van der Waals surface area contributed by atoms with Crippen LogP contribution < -0.4 is 10.6 Å². The number of nitrogens with one attached hydrogen (secondary N) is 2. The monoisotopic (exact) mass is 468 g/mol. The van der Waals surface area contributed by atoms with Crippen molar-refractivity contribution >= 4 is 18.0 Å². The van der Waals surface area contributed by atoms with E-state index >= 15 is 0 Å². The summed E-state index contributed by atoms with van der Waals surface area (Å²) < 4.78 is 10.7. The fourth-order valence-electron chi connectivity index (χ4n) is 4.13. The average Bonchev–Trinajstić information content (AvgIpc) is 3.13. The van der Waals surface area contributed by atoms with E-state index < -0.39 is 29.6 Å². The molecule has 3 N–H and O–H groups in total. The highest BCUT2D eigenvalue weighted by Crippen LogP contribution is 2.44. The molecule has 0 aliphatic heterocycles. The number of hydrogen-bond acceptors (Lipinski definition) is 5. The van der Waals surface area contributed by atoms with Crippen molar-refractivity contribution in [3.8, 4) is 11.1 Å². The Bertz CT molecular complexity index is 990. The van der Waals surface area contributed by atoms with Gasteiger partial charge in [-0.15, -0.1) is 0 Å². The predicted molar refractivity (Wildman–Crippen MR) is 128 cm³/mol. The van der Waals surface area contributed by atoms with Crippen molar-refractivity contribution in [2.45, 2.75) is 50.7 Å². The van der Waals surface area contributed by atoms with Gasteiger partial charge in [-0.05, 0) is 42.5 Å². The van der Waals surface area contributed by atoms with Crippen molar-refractivity contribution in [2.75, 3.05) is 20.3 Å². The number of rotatable bonds is 11. The SMILES string of the molecule is COC(C)(C)CC(NC(=O)CCCNC(=O)OCC1c2ccccc2-c2ccccc21)C(=O)O. The lowest BCUT2D eigenvalue weighted by atomic mass is 9.98. The molecule has 2 aromatic carbocycles. The third kappa shape index (κ3) is 6.35. The molecule has 0 saturated heterocycles. The molecule has 0 spiro atoms. The maximum Gasteiger partial charge on any atom is 0.407 e. The number of alkyl carbamates (subject to hydrolysis) is 1. The molecule has 8 heteroatoms. The first-order chi connectivity index (χ1) is 16.2. The summed E-state index contributed by atoms with van der Waals surface area (Å²) in [5.74, 6) is -1.53. The van der Waals surface area contributed by atoms with Crippen LogP contribution >= 0.6 is 0 Å². The third-order valence-corrected chi connectivity index (χ3v) is 6.08. The summed E-state index contributed by atoms with van der Waals surface area (Å²) in [6.07, 6.45) is 0.0342. The molecule has 34 heavy (non-hydrogen) atoms. The summed E-state index contributed by atoms with van der Waals surface area (Å²) in [6.45, 7) is 3.97. The van der Waals surface area contributed by atoms with Gasteiger partial charge in [0.25, 0.3) is 0 Å². The lowest BCUT2D eigenvalue weighted by Crippen LogP contribution is -2.45. The second-order valence-electron chi connectivity index (χ2n) is 8.98. The Morgan fingerprint density at radius 1 is 1.03 bits per heavy atom. The number of carboxylic acids is 1. The van der Waals surface area contributed by atoms with Crippen LogP contribution in [0.5, 0.6) is 0 Å². The first kappa shape index (κ1) is 25.2.